The van der Waals surface area contributed by atoms with Crippen molar-refractivity contribution >= 4 is 151 Å². The standard InChI is InChI=1S/C26H30F4N10O2S4.C9H10F2N2O2S.C8H8F2N2O2S.C6H6BrNO2S.Li/c27-25(28)9-39(10-25)23-31-15(7-43-23)5-17(41)33-21-37-35-19(45-21)13-2-1-3-14(4-13)20-36-38-22(46-20)34-18(42)6-16-8-44-24(32-16)40-11-26(29,30)12-40;1-15-7(14)2-6-3-16-8(12-6)13-4-9(10,11)5-13;9-8(10)3-12(4-8)7-11-5(2-15-7)1-6(13)14;1-10-5(9)2-4-3-11-6(7)8-4;/h7-8,13-14,19,21,35,37H,1-6,9-12H2,(H,33,41)(H,34,38,42);3H,2,4-5H2,1H3;2H,1,3-4H2,(H,13,14);3H,2H2,1H3;/q;;;;+1/p-1/t13-,14-,19?,21?;;;;/m0..../s1. The third-order valence-electron chi connectivity index (χ3n) is 13.4. The van der Waals surface area contributed by atoms with E-state index in [0.29, 0.717) is 54.4 Å². The van der Waals surface area contributed by atoms with Crippen molar-refractivity contribution in [1.82, 2.24) is 51.3 Å². The molecule has 23 nitrogen and oxygen atoms in total. The predicted molar refractivity (Wildman–Crippen MR) is 317 cm³/mol. The number of hydrazine groups is 1. The van der Waals surface area contributed by atoms with Crippen LogP contribution < -0.4 is 65.1 Å². The number of alkyl halides is 8. The summed E-state index contributed by atoms with van der Waals surface area (Å²) < 4.78 is 113. The number of nitrogens with one attached hydrogen (secondary N) is 4. The number of rotatable bonds is 18. The molecule has 4 N–H and O–H groups in total. The van der Waals surface area contributed by atoms with Crippen LogP contribution in [0.2, 0.25) is 0 Å². The molecule has 1 saturated carbocycles. The molecule has 2 unspecified atom stereocenters. The summed E-state index contributed by atoms with van der Waals surface area (Å²) in [6.07, 6.45) is 4.01. The minimum absolute atomic E-state index is 0. The van der Waals surface area contributed by atoms with Gasteiger partial charge in [-0.25, -0.2) is 70.9 Å². The number of nitrogens with zero attached hydrogens (tertiary/aromatic N) is 11. The van der Waals surface area contributed by atoms with E-state index in [1.807, 2.05) is 5.38 Å². The van der Waals surface area contributed by atoms with Crippen LogP contribution >= 0.6 is 95.7 Å². The van der Waals surface area contributed by atoms with E-state index in [4.69, 9.17) is 0 Å². The first-order valence-corrected chi connectivity index (χ1v) is 33.4. The minimum Gasteiger partial charge on any atom is -0.550 e. The normalized spacial score (nSPS) is 21.4. The molecule has 0 spiro atoms. The van der Waals surface area contributed by atoms with Crippen molar-refractivity contribution in [3.63, 3.8) is 0 Å². The van der Waals surface area contributed by atoms with Gasteiger partial charge in [-0.05, 0) is 41.1 Å². The van der Waals surface area contributed by atoms with Crippen LogP contribution in [0.25, 0.3) is 0 Å². The number of aromatic nitrogens is 7. The van der Waals surface area contributed by atoms with Gasteiger partial charge >= 0.3 is 30.8 Å². The molecule has 6 fully saturated rings. The number of hydrogen-bond donors (Lipinski definition) is 4. The van der Waals surface area contributed by atoms with Crippen molar-refractivity contribution in [2.45, 2.75) is 98.3 Å². The van der Waals surface area contributed by atoms with Gasteiger partial charge in [0.15, 0.2) is 24.4 Å². The van der Waals surface area contributed by atoms with Gasteiger partial charge in [-0.15, -0.1) is 66.9 Å². The third kappa shape index (κ3) is 20.3. The number of methoxy groups -OCH3 is 2. The molecule has 5 saturated heterocycles. The number of ether oxygens (including phenoxy) is 2. The number of anilines is 5. The van der Waals surface area contributed by atoms with Crippen LogP contribution in [0.5, 0.6) is 0 Å². The fourth-order valence-corrected chi connectivity index (χ4v) is 15.7. The number of carboxylic acids is 1. The number of carboxylic acid groups (broad SMARTS) is 1. The number of carbonyl (C=O) groups excluding carboxylic acids is 5. The monoisotopic (exact) mass is 1440 g/mol. The second-order valence-electron chi connectivity index (χ2n) is 20.7. The average molecular weight is 1440 g/mol. The number of amides is 2. The largest absolute Gasteiger partial charge is 1.00 e. The van der Waals surface area contributed by atoms with E-state index in [2.05, 4.69) is 82.0 Å². The van der Waals surface area contributed by atoms with Crippen molar-refractivity contribution in [1.29, 1.82) is 0 Å². The fourth-order valence-electron chi connectivity index (χ4n) is 9.17. The van der Waals surface area contributed by atoms with Crippen LogP contribution in [-0.4, -0.2) is 166 Å². The number of carbonyl (C=O) groups is 5. The van der Waals surface area contributed by atoms with Crippen LogP contribution in [0.1, 0.15) is 65.1 Å². The Balaban J connectivity index is 0.000000192. The molecule has 478 valence electrons. The van der Waals surface area contributed by atoms with E-state index in [-0.39, 0.29) is 144 Å². The maximum atomic E-state index is 13.2. The van der Waals surface area contributed by atoms with Gasteiger partial charge in [-0.2, -0.15) is 0 Å². The molecular formula is C49H53BrF8LiN15O8S7. The summed E-state index contributed by atoms with van der Waals surface area (Å²) in [5.74, 6) is -12.5. The van der Waals surface area contributed by atoms with Gasteiger partial charge in [0.05, 0.1) is 126 Å². The molecule has 12 rings (SSSR count). The van der Waals surface area contributed by atoms with E-state index < -0.39 is 29.7 Å². The van der Waals surface area contributed by atoms with Gasteiger partial charge in [-0.3, -0.25) is 19.2 Å². The zero-order valence-electron chi connectivity index (χ0n) is 47.2. The summed E-state index contributed by atoms with van der Waals surface area (Å²) in [4.78, 5) is 83.8. The zero-order chi connectivity index (χ0) is 63.1. The Morgan fingerprint density at radius 1 is 0.596 bits per heavy atom. The number of thioether (sulfide) groups is 1. The number of esters is 2. The van der Waals surface area contributed by atoms with E-state index in [1.54, 1.807) is 33.3 Å². The number of halogens is 9. The molecule has 6 aromatic rings. The molecule has 6 aliphatic rings. The SMILES string of the molecule is COC(=O)Cc1csc(Br)n1.COC(=O)Cc1csc(N2CC(F)(F)C2)n1.O=C(Cc1csc(N2CC(F)(F)C2)n1)Nc1nnc([C@H]2CCC[C@H](C3NNC(NC(=O)Cc4csc(N5CC(F)(F)C5)n4)S3)C2)s1.O=C([O-])Cc1csc(N2CC(F)(F)C2)n1.[Li+]. The Kier molecular flexibility index (Phi) is 23.7. The molecule has 89 heavy (non-hydrogen) atoms. The van der Waals surface area contributed by atoms with Gasteiger partial charge in [-0.1, -0.05) is 29.5 Å². The number of aliphatic carboxylic acids is 1. The van der Waals surface area contributed by atoms with E-state index in [9.17, 15) is 64.2 Å². The molecule has 4 atom stereocenters. The third-order valence-corrected chi connectivity index (χ3v) is 20.9. The number of hydrogen-bond acceptors (Lipinski definition) is 28. The van der Waals surface area contributed by atoms with Crippen molar-refractivity contribution in [2.24, 2.45) is 5.92 Å². The summed E-state index contributed by atoms with van der Waals surface area (Å²) in [7, 11) is 2.66. The average Bonchev–Trinajstić information content (AvgIpc) is 3.99. The zero-order valence-corrected chi connectivity index (χ0v) is 54.5. The fraction of sp³-hybridized carbons (Fsp3) is 0.551. The van der Waals surface area contributed by atoms with Gasteiger partial charge in [0.1, 0.15) is 10.5 Å². The maximum absolute atomic E-state index is 13.2. The van der Waals surface area contributed by atoms with Gasteiger partial charge < -0.3 is 49.6 Å². The van der Waals surface area contributed by atoms with Crippen molar-refractivity contribution in [2.75, 3.05) is 91.5 Å². The molecule has 40 heteroatoms. The van der Waals surface area contributed by atoms with Gasteiger partial charge in [0.25, 0.3) is 23.7 Å². The molecule has 6 aromatic heterocycles. The summed E-state index contributed by atoms with van der Waals surface area (Å²) in [6, 6.07) is 0. The Morgan fingerprint density at radius 2 is 1.01 bits per heavy atom. The molecule has 2 amide bonds. The molecular weight excluding hydrogens is 1390 g/mol. The van der Waals surface area contributed by atoms with E-state index in [0.717, 1.165) is 40.3 Å². The minimum atomic E-state index is -2.68. The maximum Gasteiger partial charge on any atom is 1.00 e. The van der Waals surface area contributed by atoms with Crippen LogP contribution in [-0.2, 0) is 65.6 Å². The van der Waals surface area contributed by atoms with Crippen LogP contribution in [0.3, 0.4) is 0 Å². The van der Waals surface area contributed by atoms with Gasteiger partial charge in [0, 0.05) is 45.2 Å². The van der Waals surface area contributed by atoms with Crippen molar-refractivity contribution < 1.29 is 92.5 Å². The Morgan fingerprint density at radius 3 is 1.43 bits per heavy atom. The van der Waals surface area contributed by atoms with E-state index in [1.165, 1.54) is 102 Å². The molecule has 1 aliphatic carbocycles. The van der Waals surface area contributed by atoms with Gasteiger partial charge in [0.2, 0.25) is 16.9 Å². The first-order chi connectivity index (χ1) is 41.6. The molecule has 0 bridgehead atoms. The summed E-state index contributed by atoms with van der Waals surface area (Å²) in [5.41, 5.74) is 8.86. The van der Waals surface area contributed by atoms with Crippen LogP contribution in [0, 0.1) is 5.92 Å². The molecule has 11 heterocycles. The quantitative estimate of drug-likeness (QED) is 0.0545. The molecule has 0 radical (unpaired) electrons. The Hall–Kier alpha value is -4.95. The second kappa shape index (κ2) is 30.2. The summed E-state index contributed by atoms with van der Waals surface area (Å²) in [5, 5.41) is 36.3. The first-order valence-electron chi connectivity index (χ1n) is 26.5. The summed E-state index contributed by atoms with van der Waals surface area (Å²) >= 11 is 12.5. The molecule has 0 aromatic carbocycles. The smallest absolute Gasteiger partial charge is 0.550 e. The number of thiazole rings is 5. The Labute approximate surface area is 550 Å². The molecule has 5 aliphatic heterocycles. The summed E-state index contributed by atoms with van der Waals surface area (Å²) in [6.45, 7) is -2.66. The second-order valence-corrected chi connectivity index (χ2v) is 28.5. The van der Waals surface area contributed by atoms with Crippen LogP contribution in [0.4, 0.5) is 60.8 Å². The topological polar surface area (TPSA) is 278 Å². The van der Waals surface area contributed by atoms with Crippen LogP contribution in [0.15, 0.2) is 30.8 Å². The predicted octanol–water partition coefficient (Wildman–Crippen LogP) is 3.46. The first kappa shape index (κ1) is 69.9. The van der Waals surface area contributed by atoms with E-state index >= 15 is 0 Å². The Bertz CT molecular complexity index is 3390. The van der Waals surface area contributed by atoms with Crippen molar-refractivity contribution in [3.8, 4) is 0 Å². The van der Waals surface area contributed by atoms with Crippen molar-refractivity contribution in [3.05, 3.63) is 64.3 Å².